The van der Waals surface area contributed by atoms with E-state index >= 15 is 0 Å². The van der Waals surface area contributed by atoms with Gasteiger partial charge in [0, 0.05) is 5.56 Å². The van der Waals surface area contributed by atoms with Gasteiger partial charge in [-0.1, -0.05) is 61.5 Å². The van der Waals surface area contributed by atoms with Crippen LogP contribution in [0.2, 0.25) is 0 Å². The molecule has 0 amide bonds. The zero-order chi connectivity index (χ0) is 22.1. The fourth-order valence-electron chi connectivity index (χ4n) is 4.61. The van der Waals surface area contributed by atoms with Crippen LogP contribution in [0, 0.1) is 11.6 Å². The highest BCUT2D eigenvalue weighted by Gasteiger charge is 2.40. The highest BCUT2D eigenvalue weighted by atomic mass is 19.2. The Morgan fingerprint density at radius 2 is 1.45 bits per heavy atom. The predicted octanol–water partition coefficient (Wildman–Crippen LogP) is 6.75. The predicted molar refractivity (Wildman–Crippen MR) is 119 cm³/mol. The van der Waals surface area contributed by atoms with Crippen LogP contribution in [-0.2, 0) is 11.0 Å². The number of benzene rings is 3. The van der Waals surface area contributed by atoms with E-state index in [0.29, 0.717) is 18.4 Å². The molecular formula is C27H28F2O2. The van der Waals surface area contributed by atoms with Gasteiger partial charge in [-0.05, 0) is 66.8 Å². The molecule has 31 heavy (non-hydrogen) atoms. The maximum atomic E-state index is 14.5. The molecule has 0 heterocycles. The Balaban J connectivity index is 1.53. The lowest BCUT2D eigenvalue weighted by molar-refractivity contribution is -0.0188. The van der Waals surface area contributed by atoms with E-state index in [1.54, 1.807) is 19.1 Å². The molecule has 1 fully saturated rings. The summed E-state index contributed by atoms with van der Waals surface area (Å²) in [4.78, 5) is 0. The fourth-order valence-corrected chi connectivity index (χ4v) is 4.61. The maximum Gasteiger partial charge on any atom is 0.201 e. The molecule has 4 rings (SSSR count). The molecule has 2 nitrogen and oxygen atoms in total. The van der Waals surface area contributed by atoms with Gasteiger partial charge in [0.25, 0.3) is 0 Å². The number of hydrogen-bond donors (Lipinski definition) is 1. The van der Waals surface area contributed by atoms with Crippen molar-refractivity contribution in [2.24, 2.45) is 0 Å². The van der Waals surface area contributed by atoms with Crippen molar-refractivity contribution < 1.29 is 18.6 Å². The lowest BCUT2D eigenvalue weighted by Gasteiger charge is -2.43. The molecule has 0 saturated heterocycles. The summed E-state index contributed by atoms with van der Waals surface area (Å²) in [5.41, 5.74) is 2.02. The quantitative estimate of drug-likeness (QED) is 0.493. The molecule has 1 saturated carbocycles. The molecule has 0 bridgehead atoms. The Labute approximate surface area is 182 Å². The molecular weight excluding hydrogens is 394 g/mol. The summed E-state index contributed by atoms with van der Waals surface area (Å²) in [6, 6.07) is 20.6. The summed E-state index contributed by atoms with van der Waals surface area (Å²) in [5, 5.41) is 11.3. The summed E-state index contributed by atoms with van der Waals surface area (Å²) in [6.45, 7) is 4.25. The monoisotopic (exact) mass is 422 g/mol. The molecule has 4 heteroatoms. The molecule has 3 aromatic carbocycles. The molecule has 0 aliphatic heterocycles. The van der Waals surface area contributed by atoms with E-state index in [1.165, 1.54) is 17.7 Å². The van der Waals surface area contributed by atoms with E-state index in [0.717, 1.165) is 18.4 Å². The minimum absolute atomic E-state index is 0.0520. The lowest BCUT2D eigenvalue weighted by Crippen LogP contribution is -2.38. The van der Waals surface area contributed by atoms with Crippen LogP contribution in [0.15, 0.2) is 66.7 Å². The number of halogens is 2. The van der Waals surface area contributed by atoms with Crippen LogP contribution in [0.25, 0.3) is 11.1 Å². The van der Waals surface area contributed by atoms with Crippen molar-refractivity contribution in [2.45, 2.75) is 50.5 Å². The first-order chi connectivity index (χ1) is 14.9. The molecule has 1 aliphatic carbocycles. The van der Waals surface area contributed by atoms with E-state index in [4.69, 9.17) is 4.74 Å². The van der Waals surface area contributed by atoms with Crippen molar-refractivity contribution in [2.75, 3.05) is 6.61 Å². The van der Waals surface area contributed by atoms with Crippen LogP contribution in [0.1, 0.15) is 50.7 Å². The van der Waals surface area contributed by atoms with Crippen molar-refractivity contribution in [3.8, 4) is 16.9 Å². The van der Waals surface area contributed by atoms with Gasteiger partial charge in [-0.2, -0.15) is 4.39 Å². The first kappa shape index (κ1) is 21.5. The Kier molecular flexibility index (Phi) is 5.85. The van der Waals surface area contributed by atoms with Gasteiger partial charge in [-0.25, -0.2) is 4.39 Å². The smallest absolute Gasteiger partial charge is 0.201 e. The van der Waals surface area contributed by atoms with Gasteiger partial charge in [-0.15, -0.1) is 0 Å². The summed E-state index contributed by atoms with van der Waals surface area (Å²) >= 11 is 0. The number of rotatable bonds is 5. The molecule has 0 aromatic heterocycles. The van der Waals surface area contributed by atoms with Crippen LogP contribution in [-0.4, -0.2) is 11.7 Å². The SMILES string of the molecule is CCOc1ccc(-c2ccc(C3(O)CCC(C)(c4ccccc4)CC3)cc2)c(F)c1F. The minimum atomic E-state index is -0.977. The second-order valence-electron chi connectivity index (χ2n) is 8.71. The first-order valence-corrected chi connectivity index (χ1v) is 10.9. The van der Waals surface area contributed by atoms with Crippen LogP contribution in [0.5, 0.6) is 5.75 Å². The number of aliphatic hydroxyl groups is 1. The van der Waals surface area contributed by atoms with E-state index in [2.05, 4.69) is 31.2 Å². The third kappa shape index (κ3) is 4.09. The van der Waals surface area contributed by atoms with Crippen molar-refractivity contribution in [1.29, 1.82) is 0 Å². The van der Waals surface area contributed by atoms with Gasteiger partial charge in [0.2, 0.25) is 5.82 Å². The van der Waals surface area contributed by atoms with E-state index in [9.17, 15) is 13.9 Å². The Morgan fingerprint density at radius 3 is 2.06 bits per heavy atom. The van der Waals surface area contributed by atoms with Gasteiger partial charge >= 0.3 is 0 Å². The number of hydrogen-bond acceptors (Lipinski definition) is 2. The summed E-state index contributed by atoms with van der Waals surface area (Å²) in [7, 11) is 0. The van der Waals surface area contributed by atoms with Crippen LogP contribution in [0.4, 0.5) is 8.78 Å². The summed E-state index contributed by atoms with van der Waals surface area (Å²) < 4.78 is 33.9. The summed E-state index contributed by atoms with van der Waals surface area (Å²) in [6.07, 6.45) is 3.08. The van der Waals surface area contributed by atoms with Gasteiger partial charge in [0.1, 0.15) is 0 Å². The first-order valence-electron chi connectivity index (χ1n) is 10.9. The van der Waals surface area contributed by atoms with Crippen molar-refractivity contribution in [3.63, 3.8) is 0 Å². The van der Waals surface area contributed by atoms with E-state index in [-0.39, 0.29) is 23.3 Å². The van der Waals surface area contributed by atoms with Crippen molar-refractivity contribution in [1.82, 2.24) is 0 Å². The number of ether oxygens (including phenoxy) is 1. The average Bonchev–Trinajstić information content (AvgIpc) is 2.80. The molecule has 0 spiro atoms. The Morgan fingerprint density at radius 1 is 0.806 bits per heavy atom. The standard InChI is InChI=1S/C27H28F2O2/c1-3-31-23-14-13-22(24(28)25(23)29)19-9-11-21(12-10-19)27(30)17-15-26(2,16-18-27)20-7-5-4-6-8-20/h4-14,30H,3,15-18H2,1-2H3. The van der Waals surface area contributed by atoms with Crippen LogP contribution >= 0.6 is 0 Å². The molecule has 0 atom stereocenters. The van der Waals surface area contributed by atoms with Gasteiger partial charge in [0.05, 0.1) is 12.2 Å². The molecule has 1 N–H and O–H groups in total. The highest BCUT2D eigenvalue weighted by molar-refractivity contribution is 5.65. The maximum absolute atomic E-state index is 14.5. The van der Waals surface area contributed by atoms with Gasteiger partial charge in [0.15, 0.2) is 11.6 Å². The Hall–Kier alpha value is -2.72. The molecule has 0 unspecified atom stereocenters. The second kappa shape index (κ2) is 8.43. The van der Waals surface area contributed by atoms with Gasteiger partial charge in [-0.3, -0.25) is 0 Å². The molecule has 3 aromatic rings. The molecule has 1 aliphatic rings. The fraction of sp³-hybridized carbons (Fsp3) is 0.333. The van der Waals surface area contributed by atoms with E-state index < -0.39 is 17.2 Å². The third-order valence-electron chi connectivity index (χ3n) is 6.73. The zero-order valence-electron chi connectivity index (χ0n) is 18.0. The highest BCUT2D eigenvalue weighted by Crippen LogP contribution is 2.47. The summed E-state index contributed by atoms with van der Waals surface area (Å²) in [5.74, 6) is -1.98. The van der Waals surface area contributed by atoms with Crippen molar-refractivity contribution in [3.05, 3.63) is 89.5 Å². The molecule has 0 radical (unpaired) electrons. The van der Waals surface area contributed by atoms with Crippen molar-refractivity contribution >= 4 is 0 Å². The van der Waals surface area contributed by atoms with E-state index in [1.807, 2.05) is 18.2 Å². The second-order valence-corrected chi connectivity index (χ2v) is 8.71. The minimum Gasteiger partial charge on any atom is -0.491 e. The molecule has 162 valence electrons. The zero-order valence-corrected chi connectivity index (χ0v) is 18.0. The average molecular weight is 423 g/mol. The topological polar surface area (TPSA) is 29.5 Å². The van der Waals surface area contributed by atoms with Gasteiger partial charge < -0.3 is 9.84 Å². The third-order valence-corrected chi connectivity index (χ3v) is 6.73. The lowest BCUT2D eigenvalue weighted by atomic mass is 9.65. The van der Waals surface area contributed by atoms with Crippen LogP contribution in [0.3, 0.4) is 0 Å². The largest absolute Gasteiger partial charge is 0.491 e. The van der Waals surface area contributed by atoms with Crippen LogP contribution < -0.4 is 4.74 Å². The normalized spacial score (nSPS) is 23.5. The Bertz CT molecular complexity index is 1040.